The summed E-state index contributed by atoms with van der Waals surface area (Å²) in [5.74, 6) is -1.31. The molecule has 0 spiro atoms. The Morgan fingerprint density at radius 2 is 1.74 bits per heavy atom. The van der Waals surface area contributed by atoms with Crippen LogP contribution in [0.5, 0.6) is 0 Å². The average Bonchev–Trinajstić information content (AvgIpc) is 3.07. The fourth-order valence-electron chi connectivity index (χ4n) is 7.30. The molecule has 0 aromatic heterocycles. The maximum Gasteiger partial charge on any atom is 0.334 e. The number of Topliss-reactive ketones (excluding diaryl/α,β-unsaturated/α-hetero) is 1. The maximum atomic E-state index is 13.5. The Balaban J connectivity index is 1.47. The number of hydrogen-bond donors (Lipinski definition) is 0. The van der Waals surface area contributed by atoms with Gasteiger partial charge in [0.25, 0.3) is 0 Å². The normalized spacial score (nSPS) is 42.5. The molecule has 182 valence electrons. The molecule has 0 aromatic rings. The molecule has 5 aliphatic rings. The van der Waals surface area contributed by atoms with Gasteiger partial charge in [0.1, 0.15) is 17.5 Å². The van der Waals surface area contributed by atoms with E-state index < -0.39 is 17.1 Å². The van der Waals surface area contributed by atoms with Crippen molar-refractivity contribution in [3.8, 4) is 0 Å². The lowest BCUT2D eigenvalue weighted by atomic mass is 9.56. The van der Waals surface area contributed by atoms with Crippen molar-refractivity contribution >= 4 is 23.5 Å². The Morgan fingerprint density at radius 3 is 2.47 bits per heavy atom. The van der Waals surface area contributed by atoms with Crippen molar-refractivity contribution in [3.05, 3.63) is 34.9 Å². The lowest BCUT2D eigenvalue weighted by Gasteiger charge is -2.46. The summed E-state index contributed by atoms with van der Waals surface area (Å²) in [6.07, 6.45) is 9.10. The number of ketones is 2. The zero-order valence-corrected chi connectivity index (χ0v) is 20.5. The van der Waals surface area contributed by atoms with Crippen LogP contribution in [0.3, 0.4) is 0 Å². The zero-order chi connectivity index (χ0) is 24.4. The van der Waals surface area contributed by atoms with Crippen LogP contribution in [0, 0.1) is 29.1 Å². The van der Waals surface area contributed by atoms with Crippen molar-refractivity contribution in [3.63, 3.8) is 0 Å². The van der Waals surface area contributed by atoms with Gasteiger partial charge in [0.05, 0.1) is 11.3 Å². The van der Waals surface area contributed by atoms with E-state index in [-0.39, 0.29) is 47.2 Å². The first-order valence-electron chi connectivity index (χ1n) is 12.6. The highest BCUT2D eigenvalue weighted by Gasteiger charge is 2.60. The van der Waals surface area contributed by atoms with E-state index >= 15 is 0 Å². The molecule has 0 amide bonds. The van der Waals surface area contributed by atoms with Crippen LogP contribution in [-0.2, 0) is 28.7 Å². The van der Waals surface area contributed by atoms with Crippen LogP contribution in [0.15, 0.2) is 34.9 Å². The van der Waals surface area contributed by atoms with E-state index in [0.29, 0.717) is 44.1 Å². The molecule has 1 saturated heterocycles. The van der Waals surface area contributed by atoms with Gasteiger partial charge in [0.15, 0.2) is 5.78 Å². The number of hydrogen-bond acceptors (Lipinski definition) is 6. The third kappa shape index (κ3) is 3.28. The molecular weight excluding hydrogens is 432 g/mol. The summed E-state index contributed by atoms with van der Waals surface area (Å²) in [6.45, 7) is 7.52. The molecule has 1 saturated carbocycles. The van der Waals surface area contributed by atoms with Gasteiger partial charge in [-0.2, -0.15) is 0 Å². The molecule has 2 aliphatic heterocycles. The second-order valence-corrected chi connectivity index (χ2v) is 11.3. The predicted molar refractivity (Wildman–Crippen MR) is 124 cm³/mol. The standard InChI is InChI=1S/C28H34O6/c1-15-14-24(33-25(31)16(15)2)28(4)21-12-13-22(29)18-9-8-17-6-5-7-23(30)27(17,3)20(18)11-10-19(21)26(32)34-28/h5,7-8,18-21,24H,6,9-14H2,1-4H3/t18-,19-,20+,21+,24-,27+,28-/m1/s1. The fraction of sp³-hybridized carbons (Fsp3) is 0.643. The molecule has 3 aliphatic carbocycles. The molecule has 2 fully saturated rings. The first kappa shape index (κ1) is 23.3. The lowest BCUT2D eigenvalue weighted by Crippen LogP contribution is -2.49. The van der Waals surface area contributed by atoms with Gasteiger partial charge in [0.2, 0.25) is 0 Å². The van der Waals surface area contributed by atoms with Crippen LogP contribution >= 0.6 is 0 Å². The SMILES string of the molecule is CC1=C(C)C(=O)O[C@@H]([C@]2(C)OC(=O)[C@@H]3CC[C@H]4[C@@H](CC=C5CC=CC(=O)[C@@]54C)C(=O)CC[C@@H]32)C1. The molecule has 2 heterocycles. The number of cyclic esters (lactones) is 2. The van der Waals surface area contributed by atoms with Crippen molar-refractivity contribution in [2.75, 3.05) is 0 Å². The van der Waals surface area contributed by atoms with Crippen molar-refractivity contribution in [1.82, 2.24) is 0 Å². The van der Waals surface area contributed by atoms with Crippen molar-refractivity contribution in [2.24, 2.45) is 29.1 Å². The van der Waals surface area contributed by atoms with Crippen LogP contribution < -0.4 is 0 Å². The Labute approximate surface area is 200 Å². The highest BCUT2D eigenvalue weighted by molar-refractivity contribution is 5.99. The van der Waals surface area contributed by atoms with E-state index in [4.69, 9.17) is 9.47 Å². The summed E-state index contributed by atoms with van der Waals surface area (Å²) in [5, 5.41) is 0. The van der Waals surface area contributed by atoms with Gasteiger partial charge in [-0.05, 0) is 71.8 Å². The van der Waals surface area contributed by atoms with Crippen LogP contribution in [0.25, 0.3) is 0 Å². The van der Waals surface area contributed by atoms with E-state index in [2.05, 4.69) is 6.08 Å². The number of carbonyl (C=O) groups excluding carboxylic acids is 4. The molecule has 0 N–H and O–H groups in total. The molecule has 0 unspecified atom stereocenters. The van der Waals surface area contributed by atoms with Gasteiger partial charge in [-0.15, -0.1) is 0 Å². The Kier molecular flexibility index (Phi) is 5.49. The summed E-state index contributed by atoms with van der Waals surface area (Å²) >= 11 is 0. The number of rotatable bonds is 1. The van der Waals surface area contributed by atoms with Crippen LogP contribution in [-0.4, -0.2) is 35.2 Å². The topological polar surface area (TPSA) is 86.7 Å². The van der Waals surface area contributed by atoms with Gasteiger partial charge in [-0.1, -0.05) is 23.3 Å². The minimum atomic E-state index is -0.966. The quantitative estimate of drug-likeness (QED) is 0.420. The summed E-state index contributed by atoms with van der Waals surface area (Å²) in [4.78, 5) is 52.2. The smallest absolute Gasteiger partial charge is 0.334 e. The predicted octanol–water partition coefficient (Wildman–Crippen LogP) is 4.43. The minimum Gasteiger partial charge on any atom is -0.455 e. The zero-order valence-electron chi connectivity index (χ0n) is 20.5. The molecular formula is C28H34O6. The minimum absolute atomic E-state index is 0.0638. The Hall–Kier alpha value is -2.50. The van der Waals surface area contributed by atoms with Gasteiger partial charge >= 0.3 is 11.9 Å². The van der Waals surface area contributed by atoms with Gasteiger partial charge in [0, 0.05) is 30.3 Å². The monoisotopic (exact) mass is 466 g/mol. The maximum absolute atomic E-state index is 13.5. The second-order valence-electron chi connectivity index (χ2n) is 11.3. The summed E-state index contributed by atoms with van der Waals surface area (Å²) in [5.41, 5.74) is 1.01. The van der Waals surface area contributed by atoms with E-state index in [0.717, 1.165) is 17.6 Å². The second kappa shape index (κ2) is 8.03. The third-order valence-corrected chi connectivity index (χ3v) is 9.71. The first-order chi connectivity index (χ1) is 16.1. The lowest BCUT2D eigenvalue weighted by molar-refractivity contribution is -0.176. The molecule has 0 radical (unpaired) electrons. The number of fused-ring (bicyclic) bond motifs is 4. The largest absolute Gasteiger partial charge is 0.455 e. The van der Waals surface area contributed by atoms with Gasteiger partial charge in [-0.3, -0.25) is 14.4 Å². The number of carbonyl (C=O) groups is 4. The van der Waals surface area contributed by atoms with Crippen LogP contribution in [0.1, 0.15) is 72.6 Å². The number of ether oxygens (including phenoxy) is 2. The summed E-state index contributed by atoms with van der Waals surface area (Å²) < 4.78 is 11.8. The van der Waals surface area contributed by atoms with E-state index in [1.54, 1.807) is 13.0 Å². The molecule has 5 rings (SSSR count). The fourth-order valence-corrected chi connectivity index (χ4v) is 7.30. The van der Waals surface area contributed by atoms with E-state index in [1.807, 2.05) is 26.8 Å². The number of allylic oxidation sites excluding steroid dienone is 4. The van der Waals surface area contributed by atoms with Crippen molar-refractivity contribution < 1.29 is 28.7 Å². The summed E-state index contributed by atoms with van der Waals surface area (Å²) in [6, 6.07) is 0. The van der Waals surface area contributed by atoms with Crippen molar-refractivity contribution in [1.29, 1.82) is 0 Å². The molecule has 6 heteroatoms. The summed E-state index contributed by atoms with van der Waals surface area (Å²) in [7, 11) is 0. The first-order valence-corrected chi connectivity index (χ1v) is 12.6. The highest BCUT2D eigenvalue weighted by atomic mass is 16.6. The molecule has 0 aromatic carbocycles. The highest BCUT2D eigenvalue weighted by Crippen LogP contribution is 2.55. The molecule has 34 heavy (non-hydrogen) atoms. The third-order valence-electron chi connectivity index (χ3n) is 9.71. The average molecular weight is 467 g/mol. The van der Waals surface area contributed by atoms with E-state index in [1.165, 1.54) is 0 Å². The Morgan fingerprint density at radius 1 is 0.971 bits per heavy atom. The van der Waals surface area contributed by atoms with Crippen LogP contribution in [0.2, 0.25) is 0 Å². The molecule has 0 bridgehead atoms. The van der Waals surface area contributed by atoms with Gasteiger partial charge < -0.3 is 9.47 Å². The number of esters is 2. The molecule has 7 atom stereocenters. The van der Waals surface area contributed by atoms with Crippen molar-refractivity contribution in [2.45, 2.75) is 84.3 Å². The van der Waals surface area contributed by atoms with Crippen LogP contribution in [0.4, 0.5) is 0 Å². The van der Waals surface area contributed by atoms with E-state index in [9.17, 15) is 19.2 Å². The Bertz CT molecular complexity index is 1060. The van der Waals surface area contributed by atoms with Gasteiger partial charge in [-0.25, -0.2) is 4.79 Å². The molecule has 6 nitrogen and oxygen atoms in total.